The number of amides is 1. The fourth-order valence-corrected chi connectivity index (χ4v) is 5.32. The zero-order chi connectivity index (χ0) is 23.9. The summed E-state index contributed by atoms with van der Waals surface area (Å²) in [7, 11) is 1.54. The van der Waals surface area contributed by atoms with Crippen molar-refractivity contribution in [2.24, 2.45) is 11.1 Å². The van der Waals surface area contributed by atoms with E-state index in [0.717, 1.165) is 11.3 Å². The Kier molecular flexibility index (Phi) is 5.14. The lowest BCUT2D eigenvalue weighted by Gasteiger charge is -2.36. The summed E-state index contributed by atoms with van der Waals surface area (Å²) >= 11 is 0. The van der Waals surface area contributed by atoms with Gasteiger partial charge in [0.15, 0.2) is 11.2 Å². The van der Waals surface area contributed by atoms with Crippen LogP contribution in [0.1, 0.15) is 27.4 Å². The summed E-state index contributed by atoms with van der Waals surface area (Å²) in [4.78, 5) is 33.3. The lowest BCUT2D eigenvalue weighted by Crippen LogP contribution is -2.49. The van der Waals surface area contributed by atoms with Crippen LogP contribution in [0.3, 0.4) is 0 Å². The van der Waals surface area contributed by atoms with Crippen molar-refractivity contribution in [3.8, 4) is 11.8 Å². The zero-order valence-corrected chi connectivity index (χ0v) is 18.5. The number of para-hydroxylation sites is 1. The van der Waals surface area contributed by atoms with Gasteiger partial charge in [0.25, 0.3) is 0 Å². The highest BCUT2D eigenvalue weighted by molar-refractivity contribution is 6.06. The Bertz CT molecular complexity index is 1350. The van der Waals surface area contributed by atoms with Crippen LogP contribution < -0.4 is 15.4 Å². The molecule has 1 saturated heterocycles. The van der Waals surface area contributed by atoms with Gasteiger partial charge in [-0.1, -0.05) is 42.5 Å². The number of fused-ring (bicyclic) bond motifs is 3. The molecule has 7 nitrogen and oxygen atoms in total. The molecule has 0 aliphatic carbocycles. The molecule has 7 heteroatoms. The minimum Gasteiger partial charge on any atom is -0.497 e. The molecule has 2 aliphatic rings. The average Bonchev–Trinajstić information content (AvgIpc) is 3.20. The minimum atomic E-state index is -1.68. The smallest absolute Gasteiger partial charge is 0.241 e. The maximum Gasteiger partial charge on any atom is 0.241 e. The molecule has 0 spiro atoms. The molecule has 2 N–H and O–H groups in total. The van der Waals surface area contributed by atoms with Gasteiger partial charge in [-0.05, 0) is 41.5 Å². The number of ketones is 1. The first-order chi connectivity index (χ1) is 16.5. The first-order valence-corrected chi connectivity index (χ1v) is 10.9. The van der Waals surface area contributed by atoms with Crippen LogP contribution >= 0.6 is 0 Å². The molecule has 2 aliphatic heterocycles. The summed E-state index contributed by atoms with van der Waals surface area (Å²) in [5.74, 6) is -1.27. The van der Waals surface area contributed by atoms with Crippen LogP contribution in [0.2, 0.25) is 0 Å². The fourth-order valence-electron chi connectivity index (χ4n) is 5.32. The van der Waals surface area contributed by atoms with Crippen molar-refractivity contribution in [1.29, 1.82) is 5.26 Å². The highest BCUT2D eigenvalue weighted by Crippen LogP contribution is 2.55. The van der Waals surface area contributed by atoms with Crippen LogP contribution in [-0.2, 0) is 4.79 Å². The van der Waals surface area contributed by atoms with Crippen LogP contribution in [0.5, 0.6) is 5.75 Å². The van der Waals surface area contributed by atoms with Gasteiger partial charge in [-0.25, -0.2) is 0 Å². The number of carbonyl (C=O) groups is 2. The maximum absolute atomic E-state index is 14.2. The van der Waals surface area contributed by atoms with Gasteiger partial charge in [0.05, 0.1) is 19.2 Å². The number of primary amides is 1. The SMILES string of the molecule is COc1cccc(C(=O)[C@@H]2[C@H](c3ccncc3)[C@](C#N)(C(N)=O)[C@@H]3C=Cc4ccccc4N23)c1. The Hall–Kier alpha value is -4.44. The van der Waals surface area contributed by atoms with Crippen LogP contribution in [-0.4, -0.2) is 35.9 Å². The molecule has 1 fully saturated rings. The van der Waals surface area contributed by atoms with Gasteiger partial charge in [0, 0.05) is 29.6 Å². The second-order valence-corrected chi connectivity index (χ2v) is 8.41. The third kappa shape index (κ3) is 3.00. The number of nitrogens with two attached hydrogens (primary N) is 1. The van der Waals surface area contributed by atoms with E-state index in [1.165, 1.54) is 7.11 Å². The number of nitrogens with zero attached hydrogens (tertiary/aromatic N) is 3. The Morgan fingerprint density at radius 2 is 1.88 bits per heavy atom. The molecule has 0 saturated carbocycles. The zero-order valence-electron chi connectivity index (χ0n) is 18.5. The summed E-state index contributed by atoms with van der Waals surface area (Å²) in [5.41, 5.74) is 7.04. The van der Waals surface area contributed by atoms with E-state index >= 15 is 0 Å². The summed E-state index contributed by atoms with van der Waals surface area (Å²) < 4.78 is 5.33. The molecular formula is C27H22N4O3. The number of nitriles is 1. The Morgan fingerprint density at radius 1 is 1.12 bits per heavy atom. The maximum atomic E-state index is 14.2. The van der Waals surface area contributed by atoms with E-state index in [0.29, 0.717) is 16.9 Å². The van der Waals surface area contributed by atoms with Crippen molar-refractivity contribution in [3.63, 3.8) is 0 Å². The highest BCUT2D eigenvalue weighted by Gasteiger charge is 2.65. The van der Waals surface area contributed by atoms with Crippen LogP contribution in [0.25, 0.3) is 6.08 Å². The lowest BCUT2D eigenvalue weighted by molar-refractivity contribution is -0.125. The summed E-state index contributed by atoms with van der Waals surface area (Å²) in [6, 6.07) is 18.6. The molecule has 0 radical (unpaired) electrons. The largest absolute Gasteiger partial charge is 0.497 e. The third-order valence-electron chi connectivity index (χ3n) is 6.83. The first-order valence-electron chi connectivity index (χ1n) is 10.9. The van der Waals surface area contributed by atoms with E-state index in [1.54, 1.807) is 48.8 Å². The second-order valence-electron chi connectivity index (χ2n) is 8.41. The molecule has 3 heterocycles. The standard InChI is InChI=1S/C27H22N4O3/c1-34-20-7-4-6-19(15-20)25(32)24-23(18-11-13-30-14-12-18)27(16-28,26(29)33)22-10-9-17-5-2-3-8-21(17)31(22)24/h2-15,22-24H,1H3,(H2,29,33)/t22-,23-,24-,27+/m0/s1. The molecule has 5 rings (SSSR count). The fraction of sp³-hybridized carbons (Fsp3) is 0.185. The monoisotopic (exact) mass is 450 g/mol. The number of anilines is 1. The first kappa shape index (κ1) is 21.4. The van der Waals surface area contributed by atoms with Crippen molar-refractivity contribution in [3.05, 3.63) is 95.8 Å². The van der Waals surface area contributed by atoms with Crippen molar-refractivity contribution < 1.29 is 14.3 Å². The van der Waals surface area contributed by atoms with Gasteiger partial charge in [-0.15, -0.1) is 0 Å². The van der Waals surface area contributed by atoms with Crippen molar-refractivity contribution >= 4 is 23.5 Å². The van der Waals surface area contributed by atoms with Crippen LogP contribution in [0, 0.1) is 16.7 Å². The van der Waals surface area contributed by atoms with E-state index in [-0.39, 0.29) is 5.78 Å². The predicted molar refractivity (Wildman–Crippen MR) is 127 cm³/mol. The van der Waals surface area contributed by atoms with Gasteiger partial charge in [-0.2, -0.15) is 5.26 Å². The molecule has 1 amide bonds. The van der Waals surface area contributed by atoms with Crippen LogP contribution in [0.4, 0.5) is 5.69 Å². The predicted octanol–water partition coefficient (Wildman–Crippen LogP) is 3.34. The second kappa shape index (κ2) is 8.16. The van der Waals surface area contributed by atoms with Gasteiger partial charge >= 0.3 is 0 Å². The van der Waals surface area contributed by atoms with Gasteiger partial charge < -0.3 is 15.4 Å². The van der Waals surface area contributed by atoms with E-state index in [4.69, 9.17) is 10.5 Å². The summed E-state index contributed by atoms with van der Waals surface area (Å²) in [6.45, 7) is 0. The van der Waals surface area contributed by atoms with Crippen molar-refractivity contribution in [2.45, 2.75) is 18.0 Å². The minimum absolute atomic E-state index is 0.228. The Balaban J connectivity index is 1.80. The number of rotatable bonds is 5. The highest BCUT2D eigenvalue weighted by atomic mass is 16.5. The normalized spacial score (nSPS) is 24.6. The van der Waals surface area contributed by atoms with Gasteiger partial charge in [0.2, 0.25) is 5.91 Å². The number of aromatic nitrogens is 1. The number of pyridine rings is 1. The van der Waals surface area contributed by atoms with Gasteiger partial charge in [-0.3, -0.25) is 14.6 Å². The number of methoxy groups -OCH3 is 1. The molecule has 0 bridgehead atoms. The Morgan fingerprint density at radius 3 is 2.59 bits per heavy atom. The molecule has 34 heavy (non-hydrogen) atoms. The van der Waals surface area contributed by atoms with E-state index in [2.05, 4.69) is 11.1 Å². The Labute approximate surface area is 197 Å². The third-order valence-corrected chi connectivity index (χ3v) is 6.83. The number of hydrogen-bond donors (Lipinski definition) is 1. The molecule has 168 valence electrons. The average molecular weight is 450 g/mol. The quantitative estimate of drug-likeness (QED) is 0.597. The molecule has 2 aromatic carbocycles. The van der Waals surface area contributed by atoms with E-state index < -0.39 is 29.3 Å². The molecular weight excluding hydrogens is 428 g/mol. The molecule has 0 unspecified atom stereocenters. The summed E-state index contributed by atoms with van der Waals surface area (Å²) in [6.07, 6.45) is 6.87. The topological polar surface area (TPSA) is 109 Å². The van der Waals surface area contributed by atoms with Gasteiger partial charge in [0.1, 0.15) is 11.8 Å². The molecule has 1 aromatic heterocycles. The number of hydrogen-bond acceptors (Lipinski definition) is 6. The number of benzene rings is 2. The van der Waals surface area contributed by atoms with Crippen molar-refractivity contribution in [2.75, 3.05) is 12.0 Å². The number of Topliss-reactive ketones (excluding diaryl/α,β-unsaturated/α-hetero) is 1. The van der Waals surface area contributed by atoms with Crippen LogP contribution in [0.15, 0.2) is 79.1 Å². The lowest BCUT2D eigenvalue weighted by atomic mass is 9.67. The summed E-state index contributed by atoms with van der Waals surface area (Å²) in [5, 5.41) is 10.5. The van der Waals surface area contributed by atoms with E-state index in [9.17, 15) is 14.9 Å². The molecule has 3 aromatic rings. The number of ether oxygens (including phenoxy) is 1. The van der Waals surface area contributed by atoms with Crippen molar-refractivity contribution in [1.82, 2.24) is 4.98 Å². The van der Waals surface area contributed by atoms with E-state index in [1.807, 2.05) is 41.3 Å². The number of carbonyl (C=O) groups excluding carboxylic acids is 2. The molecule has 4 atom stereocenters.